The van der Waals surface area contributed by atoms with Gasteiger partial charge in [0.15, 0.2) is 6.29 Å². The maximum atomic E-state index is 12.3. The van der Waals surface area contributed by atoms with Crippen LogP contribution in [0.5, 0.6) is 0 Å². The van der Waals surface area contributed by atoms with Crippen LogP contribution in [0.15, 0.2) is 0 Å². The Morgan fingerprint density at radius 2 is 1.80 bits per heavy atom. The third kappa shape index (κ3) is 3.49. The van der Waals surface area contributed by atoms with Gasteiger partial charge in [0.1, 0.15) is 0 Å². The minimum absolute atomic E-state index is 0.0590. The van der Waals surface area contributed by atoms with Crippen molar-refractivity contribution in [2.45, 2.75) is 19.1 Å². The van der Waals surface area contributed by atoms with Crippen molar-refractivity contribution in [2.24, 2.45) is 5.92 Å². The van der Waals surface area contributed by atoms with Gasteiger partial charge in [-0.05, 0) is 19.4 Å². The largest absolute Gasteiger partial charge is 0.378 e. The first-order valence-corrected chi connectivity index (χ1v) is 7.64. The number of ether oxygens (including phenoxy) is 3. The highest BCUT2D eigenvalue weighted by molar-refractivity contribution is 5.78. The van der Waals surface area contributed by atoms with Crippen LogP contribution in [-0.2, 0) is 19.0 Å². The molecule has 0 spiro atoms. The summed E-state index contributed by atoms with van der Waals surface area (Å²) in [4.78, 5) is 16.4. The Bertz CT molecular complexity index is 327. The number of rotatable bonds is 3. The standard InChI is InChI=1S/C14H24N2O4/c17-13(16-4-6-18-7-5-16)11-15-3-1-2-12(10-15)14-19-8-9-20-14/h12,14H,1-11H2. The average Bonchev–Trinajstić information content (AvgIpc) is 3.03. The van der Waals surface area contributed by atoms with Crippen molar-refractivity contribution in [3.05, 3.63) is 0 Å². The number of hydrogen-bond acceptors (Lipinski definition) is 5. The van der Waals surface area contributed by atoms with E-state index in [4.69, 9.17) is 14.2 Å². The van der Waals surface area contributed by atoms with E-state index in [0.29, 0.717) is 38.9 Å². The Kier molecular flexibility index (Phi) is 4.88. The quantitative estimate of drug-likeness (QED) is 0.726. The van der Waals surface area contributed by atoms with Crippen molar-refractivity contribution in [1.29, 1.82) is 0 Å². The summed E-state index contributed by atoms with van der Waals surface area (Å²) in [5, 5.41) is 0. The molecule has 0 radical (unpaired) electrons. The molecule has 3 aliphatic heterocycles. The maximum absolute atomic E-state index is 12.3. The van der Waals surface area contributed by atoms with Crippen LogP contribution < -0.4 is 0 Å². The number of piperidine rings is 1. The van der Waals surface area contributed by atoms with E-state index < -0.39 is 0 Å². The molecule has 0 N–H and O–H groups in total. The van der Waals surface area contributed by atoms with Crippen LogP contribution in [0.25, 0.3) is 0 Å². The van der Waals surface area contributed by atoms with Crippen molar-refractivity contribution in [3.63, 3.8) is 0 Å². The first kappa shape index (κ1) is 14.3. The predicted octanol–water partition coefficient (Wildman–Crippen LogP) is -0.0699. The molecule has 114 valence electrons. The van der Waals surface area contributed by atoms with E-state index in [2.05, 4.69) is 4.90 Å². The van der Waals surface area contributed by atoms with E-state index in [1.165, 1.54) is 0 Å². The third-order valence-electron chi connectivity index (χ3n) is 4.30. The second-order valence-corrected chi connectivity index (χ2v) is 5.74. The molecular weight excluding hydrogens is 260 g/mol. The van der Waals surface area contributed by atoms with Crippen molar-refractivity contribution >= 4 is 5.91 Å². The van der Waals surface area contributed by atoms with Crippen LogP contribution in [0.1, 0.15) is 12.8 Å². The van der Waals surface area contributed by atoms with Gasteiger partial charge in [0.05, 0.1) is 33.0 Å². The van der Waals surface area contributed by atoms with Crippen LogP contribution in [0.2, 0.25) is 0 Å². The number of hydrogen-bond donors (Lipinski definition) is 0. The summed E-state index contributed by atoms with van der Waals surface area (Å²) in [6.07, 6.45) is 2.19. The minimum Gasteiger partial charge on any atom is -0.378 e. The van der Waals surface area contributed by atoms with Gasteiger partial charge < -0.3 is 19.1 Å². The molecular formula is C14H24N2O4. The third-order valence-corrected chi connectivity index (χ3v) is 4.30. The van der Waals surface area contributed by atoms with Crippen molar-refractivity contribution < 1.29 is 19.0 Å². The molecule has 3 aliphatic rings. The van der Waals surface area contributed by atoms with Crippen molar-refractivity contribution in [3.8, 4) is 0 Å². The Morgan fingerprint density at radius 3 is 2.55 bits per heavy atom. The smallest absolute Gasteiger partial charge is 0.236 e. The van der Waals surface area contributed by atoms with Gasteiger partial charge in [-0.15, -0.1) is 0 Å². The number of carbonyl (C=O) groups excluding carboxylic acids is 1. The molecule has 3 rings (SSSR count). The van der Waals surface area contributed by atoms with Gasteiger partial charge in [-0.2, -0.15) is 0 Å². The fourth-order valence-corrected chi connectivity index (χ4v) is 3.21. The zero-order chi connectivity index (χ0) is 13.8. The predicted molar refractivity (Wildman–Crippen MR) is 72.3 cm³/mol. The van der Waals surface area contributed by atoms with Crippen LogP contribution >= 0.6 is 0 Å². The average molecular weight is 284 g/mol. The molecule has 3 heterocycles. The van der Waals surface area contributed by atoms with E-state index >= 15 is 0 Å². The second-order valence-electron chi connectivity index (χ2n) is 5.74. The molecule has 20 heavy (non-hydrogen) atoms. The van der Waals surface area contributed by atoms with Crippen LogP contribution in [0.4, 0.5) is 0 Å². The Hall–Kier alpha value is -0.690. The molecule has 0 aromatic heterocycles. The van der Waals surface area contributed by atoms with Gasteiger partial charge in [0.2, 0.25) is 5.91 Å². The summed E-state index contributed by atoms with van der Waals surface area (Å²) in [7, 11) is 0. The van der Waals surface area contributed by atoms with Gasteiger partial charge in [-0.25, -0.2) is 0 Å². The molecule has 0 saturated carbocycles. The number of nitrogens with zero attached hydrogens (tertiary/aromatic N) is 2. The highest BCUT2D eigenvalue weighted by atomic mass is 16.7. The fraction of sp³-hybridized carbons (Fsp3) is 0.929. The zero-order valence-electron chi connectivity index (χ0n) is 12.0. The summed E-state index contributed by atoms with van der Waals surface area (Å²) in [5.41, 5.74) is 0. The van der Waals surface area contributed by atoms with Crippen LogP contribution in [0, 0.1) is 5.92 Å². The van der Waals surface area contributed by atoms with Gasteiger partial charge in [-0.1, -0.05) is 0 Å². The van der Waals surface area contributed by atoms with Crippen molar-refractivity contribution in [2.75, 3.05) is 59.2 Å². The molecule has 3 saturated heterocycles. The monoisotopic (exact) mass is 284 g/mol. The lowest BCUT2D eigenvalue weighted by Crippen LogP contribution is -2.49. The normalized spacial score (nSPS) is 29.8. The highest BCUT2D eigenvalue weighted by Crippen LogP contribution is 2.24. The number of morpholine rings is 1. The zero-order valence-corrected chi connectivity index (χ0v) is 12.0. The maximum Gasteiger partial charge on any atom is 0.236 e. The number of amides is 1. The molecule has 0 aromatic rings. The molecule has 3 fully saturated rings. The molecule has 0 aliphatic carbocycles. The first-order chi connectivity index (χ1) is 9.83. The van der Waals surface area contributed by atoms with E-state index in [1.807, 2.05) is 4.90 Å². The van der Waals surface area contributed by atoms with Crippen LogP contribution in [0.3, 0.4) is 0 Å². The summed E-state index contributed by atoms with van der Waals surface area (Å²) in [6.45, 7) is 6.61. The van der Waals surface area contributed by atoms with Crippen LogP contribution in [-0.4, -0.2) is 81.1 Å². The van der Waals surface area contributed by atoms with E-state index in [1.54, 1.807) is 0 Å². The van der Waals surface area contributed by atoms with E-state index in [0.717, 1.165) is 39.0 Å². The summed E-state index contributed by atoms with van der Waals surface area (Å²) in [6, 6.07) is 0. The molecule has 6 heteroatoms. The lowest BCUT2D eigenvalue weighted by Gasteiger charge is -2.36. The first-order valence-electron chi connectivity index (χ1n) is 7.64. The summed E-state index contributed by atoms with van der Waals surface area (Å²) < 4.78 is 16.5. The molecule has 6 nitrogen and oxygen atoms in total. The van der Waals surface area contributed by atoms with Gasteiger partial charge >= 0.3 is 0 Å². The molecule has 0 aromatic carbocycles. The van der Waals surface area contributed by atoms with Gasteiger partial charge in [0, 0.05) is 25.6 Å². The summed E-state index contributed by atoms with van der Waals surface area (Å²) >= 11 is 0. The van der Waals surface area contributed by atoms with E-state index in [-0.39, 0.29) is 12.2 Å². The van der Waals surface area contributed by atoms with E-state index in [9.17, 15) is 4.79 Å². The van der Waals surface area contributed by atoms with Gasteiger partial charge in [-0.3, -0.25) is 9.69 Å². The molecule has 1 amide bonds. The molecule has 0 bridgehead atoms. The molecule has 1 unspecified atom stereocenters. The topological polar surface area (TPSA) is 51.2 Å². The Labute approximate surface area is 119 Å². The number of likely N-dealkylation sites (tertiary alicyclic amines) is 1. The SMILES string of the molecule is O=C(CN1CCCC(C2OCCO2)C1)N1CCOCC1. The summed E-state index contributed by atoms with van der Waals surface area (Å²) in [5.74, 6) is 0.631. The minimum atomic E-state index is -0.0590. The highest BCUT2D eigenvalue weighted by Gasteiger charge is 2.32. The van der Waals surface area contributed by atoms with Crippen molar-refractivity contribution in [1.82, 2.24) is 9.80 Å². The lowest BCUT2D eigenvalue weighted by atomic mass is 9.97. The fourth-order valence-electron chi connectivity index (χ4n) is 3.21. The Balaban J connectivity index is 1.47. The lowest BCUT2D eigenvalue weighted by molar-refractivity contribution is -0.138. The Morgan fingerprint density at radius 1 is 1.05 bits per heavy atom. The molecule has 1 atom stereocenters. The second kappa shape index (κ2) is 6.85. The number of carbonyl (C=O) groups is 1. The van der Waals surface area contributed by atoms with Gasteiger partial charge in [0.25, 0.3) is 0 Å².